The highest BCUT2D eigenvalue weighted by Gasteiger charge is 2.28. The van der Waals surface area contributed by atoms with Crippen molar-refractivity contribution in [1.82, 2.24) is 4.90 Å². The first-order chi connectivity index (χ1) is 18.0. The number of Topliss-reactive ketones (excluding diaryl/α,β-unsaturated/α-hetero) is 1. The smallest absolute Gasteiger partial charge is 0.319 e. The van der Waals surface area contributed by atoms with Crippen LogP contribution in [0.4, 0.5) is 5.69 Å². The van der Waals surface area contributed by atoms with Crippen LogP contribution in [0.25, 0.3) is 0 Å². The molecule has 0 unspecified atom stereocenters. The number of anilines is 1. The number of hydrogen-bond acceptors (Lipinski definition) is 7. The molecule has 0 saturated carbocycles. The average Bonchev–Trinajstić information content (AvgIpc) is 2.85. The number of benzene rings is 2. The molecule has 2 N–H and O–H groups in total. The highest BCUT2D eigenvalue weighted by Crippen LogP contribution is 2.33. The molecule has 0 spiro atoms. The van der Waals surface area contributed by atoms with E-state index in [2.05, 4.69) is 11.0 Å². The minimum Gasteiger partial charge on any atom is -0.496 e. The molecule has 0 aliphatic carbocycles. The molecule has 0 bridgehead atoms. The number of nitrogens with one attached hydrogen (secondary N) is 1. The van der Waals surface area contributed by atoms with Crippen molar-refractivity contribution in [3.8, 4) is 5.75 Å². The fraction of sp³-hybridized carbons (Fsp3) is 0.367. The molecule has 0 atom stereocenters. The lowest BCUT2D eigenvalue weighted by Gasteiger charge is -2.24. The van der Waals surface area contributed by atoms with Gasteiger partial charge in [-0.25, -0.2) is 0 Å². The van der Waals surface area contributed by atoms with E-state index in [1.54, 1.807) is 21.0 Å². The number of allylic oxidation sites excluding steroid dienone is 2. The SMILES string of the molecule is COc1cc(C)c(NCC(=O)CN(CC2=CC=C=C(C)O2)Cc2ccc(SC(C)(C)C(=O)O)cc2)cc1C. The minimum atomic E-state index is -0.919. The summed E-state index contributed by atoms with van der Waals surface area (Å²) < 4.78 is 10.3. The molecular weight excluding hydrogens is 500 g/mol. The summed E-state index contributed by atoms with van der Waals surface area (Å²) in [4.78, 5) is 27.4. The zero-order valence-corrected chi connectivity index (χ0v) is 23.7. The van der Waals surface area contributed by atoms with E-state index in [-0.39, 0.29) is 18.9 Å². The van der Waals surface area contributed by atoms with E-state index in [4.69, 9.17) is 9.47 Å². The van der Waals surface area contributed by atoms with Crippen LogP contribution in [0.15, 0.2) is 70.7 Å². The number of carbonyl (C=O) groups is 2. The van der Waals surface area contributed by atoms with Gasteiger partial charge >= 0.3 is 5.97 Å². The van der Waals surface area contributed by atoms with Crippen LogP contribution < -0.4 is 10.1 Å². The predicted molar refractivity (Wildman–Crippen MR) is 152 cm³/mol. The summed E-state index contributed by atoms with van der Waals surface area (Å²) in [6.07, 6.45) is 3.68. The molecule has 1 heterocycles. The number of ketones is 1. The van der Waals surface area contributed by atoms with Gasteiger partial charge in [-0.05, 0) is 80.8 Å². The Hall–Kier alpha value is -3.45. The summed E-state index contributed by atoms with van der Waals surface area (Å²) in [6, 6.07) is 11.7. The molecule has 0 fully saturated rings. The van der Waals surface area contributed by atoms with Crippen molar-refractivity contribution < 1.29 is 24.2 Å². The first kappa shape index (κ1) is 29.1. The molecule has 0 saturated heterocycles. The van der Waals surface area contributed by atoms with Gasteiger partial charge in [-0.15, -0.1) is 11.8 Å². The fourth-order valence-corrected chi connectivity index (χ4v) is 4.89. The van der Waals surface area contributed by atoms with Gasteiger partial charge in [-0.2, -0.15) is 0 Å². The molecule has 0 aromatic heterocycles. The van der Waals surface area contributed by atoms with Crippen LogP contribution in [0.2, 0.25) is 0 Å². The van der Waals surface area contributed by atoms with Gasteiger partial charge in [0.05, 0.1) is 26.7 Å². The number of hydrogen-bond donors (Lipinski definition) is 2. The first-order valence-electron chi connectivity index (χ1n) is 12.4. The maximum absolute atomic E-state index is 13.0. The normalized spacial score (nSPS) is 13.0. The van der Waals surface area contributed by atoms with E-state index >= 15 is 0 Å². The number of ether oxygens (including phenoxy) is 2. The molecular formula is C30H36N2O5S. The van der Waals surface area contributed by atoms with Gasteiger partial charge in [-0.1, -0.05) is 17.9 Å². The van der Waals surface area contributed by atoms with E-state index in [0.717, 1.165) is 38.8 Å². The number of aryl methyl sites for hydroxylation is 2. The molecule has 38 heavy (non-hydrogen) atoms. The molecule has 1 aliphatic rings. The van der Waals surface area contributed by atoms with Gasteiger partial charge in [0.25, 0.3) is 0 Å². The van der Waals surface area contributed by atoms with Crippen LogP contribution in [-0.4, -0.2) is 53.3 Å². The number of carboxylic acids is 1. The molecule has 0 radical (unpaired) electrons. The van der Waals surface area contributed by atoms with Crippen LogP contribution in [0.1, 0.15) is 37.5 Å². The van der Waals surface area contributed by atoms with Crippen LogP contribution in [0, 0.1) is 13.8 Å². The highest BCUT2D eigenvalue weighted by molar-refractivity contribution is 8.01. The number of methoxy groups -OCH3 is 1. The van der Waals surface area contributed by atoms with E-state index in [1.807, 2.05) is 74.2 Å². The quantitative estimate of drug-likeness (QED) is 0.248. The Kier molecular flexibility index (Phi) is 9.86. The third kappa shape index (κ3) is 8.28. The molecule has 202 valence electrons. The lowest BCUT2D eigenvalue weighted by molar-refractivity contribution is -0.138. The van der Waals surface area contributed by atoms with Crippen LogP contribution in [-0.2, 0) is 20.9 Å². The standard InChI is InChI=1S/C30H36N2O5S/c1-20-15-28(36-6)21(2)14-27(20)31-16-24(33)18-32(19-25-9-7-8-22(3)37-25)17-23-10-12-26(13-11-23)38-30(4,5)29(34)35/h7,9-15,31H,16-19H2,1-6H3,(H,34,35). The van der Waals surface area contributed by atoms with Gasteiger partial charge in [0.15, 0.2) is 5.78 Å². The van der Waals surface area contributed by atoms with E-state index in [9.17, 15) is 14.7 Å². The van der Waals surface area contributed by atoms with Crippen molar-refractivity contribution in [3.63, 3.8) is 0 Å². The number of nitrogens with zero attached hydrogens (tertiary/aromatic N) is 1. The molecule has 2 aromatic carbocycles. The molecule has 1 aliphatic heterocycles. The van der Waals surface area contributed by atoms with Crippen LogP contribution >= 0.6 is 11.8 Å². The first-order valence-corrected chi connectivity index (χ1v) is 13.2. The topological polar surface area (TPSA) is 88.1 Å². The van der Waals surface area contributed by atoms with E-state index in [0.29, 0.717) is 18.8 Å². The predicted octanol–water partition coefficient (Wildman–Crippen LogP) is 5.72. The van der Waals surface area contributed by atoms with Crippen LogP contribution in [0.5, 0.6) is 5.75 Å². The number of thioether (sulfide) groups is 1. The number of rotatable bonds is 13. The largest absolute Gasteiger partial charge is 0.496 e. The lowest BCUT2D eigenvalue weighted by atomic mass is 10.1. The molecule has 2 aromatic rings. The summed E-state index contributed by atoms with van der Waals surface area (Å²) in [5.74, 6) is 1.44. The second kappa shape index (κ2) is 12.9. The van der Waals surface area contributed by atoms with Crippen molar-refractivity contribution >= 4 is 29.2 Å². The Morgan fingerprint density at radius 2 is 1.82 bits per heavy atom. The molecule has 7 nitrogen and oxygen atoms in total. The van der Waals surface area contributed by atoms with E-state index in [1.165, 1.54) is 11.8 Å². The Labute approximate surface area is 229 Å². The van der Waals surface area contributed by atoms with Gasteiger partial charge in [-0.3, -0.25) is 14.5 Å². The summed E-state index contributed by atoms with van der Waals surface area (Å²) in [5.41, 5.74) is 6.95. The second-order valence-corrected chi connectivity index (χ2v) is 11.5. The average molecular weight is 537 g/mol. The van der Waals surface area contributed by atoms with Gasteiger partial charge in [0.1, 0.15) is 22.0 Å². The van der Waals surface area contributed by atoms with Crippen molar-refractivity contribution in [2.75, 3.05) is 32.1 Å². The monoisotopic (exact) mass is 536 g/mol. The Bertz CT molecular complexity index is 1270. The summed E-state index contributed by atoms with van der Waals surface area (Å²) in [6.45, 7) is 10.6. The summed E-state index contributed by atoms with van der Waals surface area (Å²) in [7, 11) is 1.65. The van der Waals surface area contributed by atoms with Crippen molar-refractivity contribution in [1.29, 1.82) is 0 Å². The Morgan fingerprint density at radius 1 is 1.11 bits per heavy atom. The van der Waals surface area contributed by atoms with Crippen molar-refractivity contribution in [2.24, 2.45) is 0 Å². The third-order valence-corrected chi connectivity index (χ3v) is 7.25. The Balaban J connectivity index is 1.68. The lowest BCUT2D eigenvalue weighted by Crippen LogP contribution is -2.34. The highest BCUT2D eigenvalue weighted by atomic mass is 32.2. The molecule has 0 amide bonds. The van der Waals surface area contributed by atoms with E-state index < -0.39 is 10.7 Å². The van der Waals surface area contributed by atoms with Gasteiger partial charge < -0.3 is 19.9 Å². The van der Waals surface area contributed by atoms with Crippen molar-refractivity contribution in [3.05, 3.63) is 82.5 Å². The fourth-order valence-electron chi connectivity index (χ4n) is 3.94. The van der Waals surface area contributed by atoms with Crippen LogP contribution in [0.3, 0.4) is 0 Å². The zero-order valence-electron chi connectivity index (χ0n) is 22.9. The van der Waals surface area contributed by atoms with Crippen molar-refractivity contribution in [2.45, 2.75) is 50.8 Å². The molecule has 8 heteroatoms. The van der Waals surface area contributed by atoms with Gasteiger partial charge in [0.2, 0.25) is 0 Å². The Morgan fingerprint density at radius 3 is 2.45 bits per heavy atom. The maximum atomic E-state index is 13.0. The second-order valence-electron chi connectivity index (χ2n) is 9.84. The third-order valence-electron chi connectivity index (χ3n) is 6.05. The number of carbonyl (C=O) groups excluding carboxylic acids is 1. The minimum absolute atomic E-state index is 0.0486. The number of aliphatic carboxylic acids is 1. The zero-order chi connectivity index (χ0) is 27.9. The molecule has 3 rings (SSSR count). The summed E-state index contributed by atoms with van der Waals surface area (Å²) in [5, 5.41) is 12.7. The van der Waals surface area contributed by atoms with Gasteiger partial charge in [0, 0.05) is 24.1 Å². The number of carboxylic acid groups (broad SMARTS) is 1. The maximum Gasteiger partial charge on any atom is 0.319 e. The summed E-state index contributed by atoms with van der Waals surface area (Å²) >= 11 is 1.30.